The van der Waals surface area contributed by atoms with Crippen molar-refractivity contribution in [3.8, 4) is 5.75 Å². The molecule has 128 valence electrons. The van der Waals surface area contributed by atoms with Crippen molar-refractivity contribution in [3.05, 3.63) is 29.8 Å². The van der Waals surface area contributed by atoms with Crippen LogP contribution in [-0.2, 0) is 11.2 Å². The number of nitrogens with one attached hydrogen (secondary N) is 1. The summed E-state index contributed by atoms with van der Waals surface area (Å²) in [7, 11) is 2.04. The first kappa shape index (κ1) is 17.6. The maximum Gasteiger partial charge on any atom is 0.193 e. The summed E-state index contributed by atoms with van der Waals surface area (Å²) in [6, 6.07) is 7.35. The number of hydrogen-bond donors (Lipinski definition) is 2. The predicted molar refractivity (Wildman–Crippen MR) is 94.0 cm³/mol. The largest absolute Gasteiger partial charge is 0.508 e. The minimum absolute atomic E-state index is 0.309. The molecular formula is C18H29N3O2. The molecule has 1 aliphatic rings. The standard InChI is InChI=1S/C18H29N3O2/c1-3-19-18(21(2)11-12-23-14-16-7-8-16)20-10-9-15-5-4-6-17(22)13-15/h4-6,13,16,22H,3,7-12,14H2,1-2H3,(H,19,20). The highest BCUT2D eigenvalue weighted by Gasteiger charge is 2.21. The molecule has 0 bridgehead atoms. The molecule has 5 nitrogen and oxygen atoms in total. The number of rotatable bonds is 9. The second kappa shape index (κ2) is 9.40. The van der Waals surface area contributed by atoms with Gasteiger partial charge in [0, 0.05) is 33.3 Å². The average Bonchev–Trinajstić information content (AvgIpc) is 3.35. The maximum absolute atomic E-state index is 9.49. The van der Waals surface area contributed by atoms with Crippen molar-refractivity contribution >= 4 is 5.96 Å². The maximum atomic E-state index is 9.49. The molecule has 0 radical (unpaired) electrons. The van der Waals surface area contributed by atoms with Crippen LogP contribution < -0.4 is 5.32 Å². The highest BCUT2D eigenvalue weighted by atomic mass is 16.5. The van der Waals surface area contributed by atoms with Gasteiger partial charge >= 0.3 is 0 Å². The third-order valence-electron chi connectivity index (χ3n) is 3.89. The summed E-state index contributed by atoms with van der Waals surface area (Å²) < 4.78 is 5.69. The van der Waals surface area contributed by atoms with E-state index in [1.165, 1.54) is 12.8 Å². The number of aliphatic imine (C=N–C) groups is 1. The Kier molecular flexibility index (Phi) is 7.20. The fourth-order valence-electron chi connectivity index (χ4n) is 2.31. The number of guanidine groups is 1. The molecule has 0 unspecified atom stereocenters. The van der Waals surface area contributed by atoms with E-state index in [9.17, 15) is 5.11 Å². The molecule has 1 saturated carbocycles. The van der Waals surface area contributed by atoms with Crippen LogP contribution in [0.5, 0.6) is 5.75 Å². The molecule has 0 saturated heterocycles. The van der Waals surface area contributed by atoms with Crippen molar-refractivity contribution in [2.24, 2.45) is 10.9 Å². The molecule has 0 aromatic heterocycles. The van der Waals surface area contributed by atoms with E-state index < -0.39 is 0 Å². The topological polar surface area (TPSA) is 57.1 Å². The number of phenolic OH excluding ortho intramolecular Hbond substituents is 1. The van der Waals surface area contributed by atoms with Gasteiger partial charge in [0.05, 0.1) is 6.61 Å². The summed E-state index contributed by atoms with van der Waals surface area (Å²) in [5.74, 6) is 2.02. The van der Waals surface area contributed by atoms with Crippen molar-refractivity contribution in [1.29, 1.82) is 0 Å². The molecule has 2 N–H and O–H groups in total. The van der Waals surface area contributed by atoms with Crippen LogP contribution in [0.2, 0.25) is 0 Å². The Morgan fingerprint density at radius 1 is 1.43 bits per heavy atom. The average molecular weight is 319 g/mol. The lowest BCUT2D eigenvalue weighted by Crippen LogP contribution is -2.40. The highest BCUT2D eigenvalue weighted by Crippen LogP contribution is 2.28. The van der Waals surface area contributed by atoms with Crippen LogP contribution in [0, 0.1) is 5.92 Å². The summed E-state index contributed by atoms with van der Waals surface area (Å²) in [5, 5.41) is 12.8. The van der Waals surface area contributed by atoms with E-state index in [0.29, 0.717) is 12.3 Å². The fourth-order valence-corrected chi connectivity index (χ4v) is 2.31. The van der Waals surface area contributed by atoms with E-state index in [-0.39, 0.29) is 0 Å². The minimum atomic E-state index is 0.309. The summed E-state index contributed by atoms with van der Waals surface area (Å²) in [6.45, 7) is 6.09. The molecule has 5 heteroatoms. The van der Waals surface area contributed by atoms with E-state index in [4.69, 9.17) is 4.74 Å². The van der Waals surface area contributed by atoms with Crippen molar-refractivity contribution in [2.75, 3.05) is 39.9 Å². The van der Waals surface area contributed by atoms with Crippen LogP contribution in [0.15, 0.2) is 29.3 Å². The first-order chi connectivity index (χ1) is 11.2. The summed E-state index contributed by atoms with van der Waals surface area (Å²) >= 11 is 0. The molecule has 1 fully saturated rings. The second-order valence-electron chi connectivity index (χ2n) is 6.10. The summed E-state index contributed by atoms with van der Waals surface area (Å²) in [4.78, 5) is 6.77. The first-order valence-electron chi connectivity index (χ1n) is 8.54. The SMILES string of the molecule is CCNC(=NCCc1cccc(O)c1)N(C)CCOCC1CC1. The summed E-state index contributed by atoms with van der Waals surface area (Å²) in [6.07, 6.45) is 3.47. The Bertz CT molecular complexity index is 501. The third kappa shape index (κ3) is 6.91. The zero-order valence-corrected chi connectivity index (χ0v) is 14.3. The Morgan fingerprint density at radius 2 is 2.26 bits per heavy atom. The lowest BCUT2D eigenvalue weighted by molar-refractivity contribution is 0.115. The highest BCUT2D eigenvalue weighted by molar-refractivity contribution is 5.79. The molecule has 0 atom stereocenters. The van der Waals surface area contributed by atoms with Gasteiger partial charge in [-0.15, -0.1) is 0 Å². The normalized spacial score (nSPS) is 14.8. The van der Waals surface area contributed by atoms with Crippen molar-refractivity contribution in [1.82, 2.24) is 10.2 Å². The van der Waals surface area contributed by atoms with Gasteiger partial charge in [0.25, 0.3) is 0 Å². The number of hydrogen-bond acceptors (Lipinski definition) is 3. The Hall–Kier alpha value is -1.75. The number of aromatic hydroxyl groups is 1. The zero-order chi connectivity index (χ0) is 16.5. The molecule has 0 spiro atoms. The van der Waals surface area contributed by atoms with Crippen LogP contribution in [0.25, 0.3) is 0 Å². The predicted octanol–water partition coefficient (Wildman–Crippen LogP) is 2.26. The van der Waals surface area contributed by atoms with E-state index in [1.807, 2.05) is 19.2 Å². The molecule has 2 rings (SSSR count). The van der Waals surface area contributed by atoms with Crippen LogP contribution in [0.3, 0.4) is 0 Å². The van der Waals surface area contributed by atoms with Gasteiger partial charge < -0.3 is 20.1 Å². The Morgan fingerprint density at radius 3 is 2.96 bits per heavy atom. The molecule has 0 aliphatic heterocycles. The summed E-state index contributed by atoms with van der Waals surface area (Å²) in [5.41, 5.74) is 1.10. The Balaban J connectivity index is 1.75. The van der Waals surface area contributed by atoms with E-state index in [0.717, 1.165) is 50.2 Å². The Labute approximate surface area is 139 Å². The number of phenols is 1. The van der Waals surface area contributed by atoms with E-state index in [2.05, 4.69) is 22.1 Å². The zero-order valence-electron chi connectivity index (χ0n) is 14.3. The van der Waals surface area contributed by atoms with Crippen LogP contribution >= 0.6 is 0 Å². The number of benzene rings is 1. The van der Waals surface area contributed by atoms with Gasteiger partial charge in [-0.05, 0) is 49.8 Å². The van der Waals surface area contributed by atoms with Gasteiger partial charge in [0.2, 0.25) is 0 Å². The molecule has 1 aromatic carbocycles. The monoisotopic (exact) mass is 319 g/mol. The number of nitrogens with zero attached hydrogens (tertiary/aromatic N) is 2. The van der Waals surface area contributed by atoms with Gasteiger partial charge in [-0.25, -0.2) is 0 Å². The number of likely N-dealkylation sites (N-methyl/N-ethyl adjacent to an activating group) is 1. The van der Waals surface area contributed by atoms with Crippen molar-refractivity contribution in [3.63, 3.8) is 0 Å². The van der Waals surface area contributed by atoms with Crippen molar-refractivity contribution < 1.29 is 9.84 Å². The minimum Gasteiger partial charge on any atom is -0.508 e. The molecular weight excluding hydrogens is 290 g/mol. The second-order valence-corrected chi connectivity index (χ2v) is 6.10. The van der Waals surface area contributed by atoms with E-state index >= 15 is 0 Å². The van der Waals surface area contributed by atoms with E-state index in [1.54, 1.807) is 12.1 Å². The molecule has 1 aromatic rings. The smallest absolute Gasteiger partial charge is 0.193 e. The molecule has 1 aliphatic carbocycles. The van der Waals surface area contributed by atoms with Gasteiger partial charge in [-0.1, -0.05) is 12.1 Å². The number of ether oxygens (including phenoxy) is 1. The van der Waals surface area contributed by atoms with Crippen LogP contribution in [0.4, 0.5) is 0 Å². The first-order valence-corrected chi connectivity index (χ1v) is 8.54. The fraction of sp³-hybridized carbons (Fsp3) is 0.611. The van der Waals surface area contributed by atoms with Crippen LogP contribution in [-0.4, -0.2) is 55.9 Å². The lowest BCUT2D eigenvalue weighted by Gasteiger charge is -2.22. The van der Waals surface area contributed by atoms with Crippen molar-refractivity contribution in [2.45, 2.75) is 26.2 Å². The van der Waals surface area contributed by atoms with Crippen LogP contribution in [0.1, 0.15) is 25.3 Å². The molecule has 0 heterocycles. The molecule has 23 heavy (non-hydrogen) atoms. The quantitative estimate of drug-likeness (QED) is 0.416. The lowest BCUT2D eigenvalue weighted by atomic mass is 10.1. The van der Waals surface area contributed by atoms with Gasteiger partial charge in [0.15, 0.2) is 5.96 Å². The van der Waals surface area contributed by atoms with Gasteiger partial charge in [-0.2, -0.15) is 0 Å². The molecule has 0 amide bonds. The van der Waals surface area contributed by atoms with Gasteiger partial charge in [0.1, 0.15) is 5.75 Å². The third-order valence-corrected chi connectivity index (χ3v) is 3.89. The van der Waals surface area contributed by atoms with Gasteiger partial charge in [-0.3, -0.25) is 4.99 Å².